The van der Waals surface area contributed by atoms with Gasteiger partial charge >= 0.3 is 23.8 Å². The minimum atomic E-state index is -6.24. The number of alkyl halides is 8. The van der Waals surface area contributed by atoms with Crippen LogP contribution in [0.5, 0.6) is 0 Å². The summed E-state index contributed by atoms with van der Waals surface area (Å²) in [6.45, 7) is 0. The minimum absolute atomic E-state index is 0.229. The second kappa shape index (κ2) is 4.15. The number of hydrogen-bond acceptors (Lipinski definition) is 2. The molecule has 0 aliphatic heterocycles. The molecule has 0 rings (SSSR count). The van der Waals surface area contributed by atoms with E-state index in [9.17, 15) is 39.9 Å². The molecule has 0 fully saturated rings. The van der Waals surface area contributed by atoms with Crippen LogP contribution in [-0.4, -0.2) is 37.3 Å². The van der Waals surface area contributed by atoms with Gasteiger partial charge in [0.05, 0.1) is 0 Å². The molecule has 0 heterocycles. The van der Waals surface area contributed by atoms with Crippen molar-refractivity contribution < 1.29 is 44.7 Å². The zero-order valence-corrected chi connectivity index (χ0v) is 7.42. The Bertz CT molecular complexity index is 270. The third kappa shape index (κ3) is 2.42. The molecule has 1 unspecified atom stereocenters. The molecule has 16 heavy (non-hydrogen) atoms. The number of halogens is 8. The summed E-state index contributed by atoms with van der Waals surface area (Å²) in [5.74, 6) is -16.2. The van der Waals surface area contributed by atoms with Crippen molar-refractivity contribution in [1.82, 2.24) is 0 Å². The quantitative estimate of drug-likeness (QED) is 0.725. The number of hydrogen-bond donors (Lipinski definition) is 0. The molecule has 96 valence electrons. The fraction of sp³-hybridized carbons (Fsp3) is 0.833. The number of rotatable bonds is 4. The molecule has 0 aromatic rings. The standard InChI is InChI=1S/C6H4F8O2/c1-16-3(7)5(10,11)4(8,9)2(15)6(12,13)14/h3H,1H3. The first-order valence-electron chi connectivity index (χ1n) is 3.43. The number of carbonyl (C=O) groups is 1. The van der Waals surface area contributed by atoms with Crippen molar-refractivity contribution in [3.63, 3.8) is 0 Å². The van der Waals surface area contributed by atoms with Gasteiger partial charge in [-0.25, -0.2) is 4.39 Å². The van der Waals surface area contributed by atoms with Crippen molar-refractivity contribution in [1.29, 1.82) is 0 Å². The van der Waals surface area contributed by atoms with Gasteiger partial charge in [-0.3, -0.25) is 4.79 Å². The van der Waals surface area contributed by atoms with Crippen LogP contribution in [0.15, 0.2) is 0 Å². The lowest BCUT2D eigenvalue weighted by Gasteiger charge is -2.27. The summed E-state index contributed by atoms with van der Waals surface area (Å²) >= 11 is 0. The van der Waals surface area contributed by atoms with Crippen molar-refractivity contribution in [3.8, 4) is 0 Å². The lowest BCUT2D eigenvalue weighted by atomic mass is 10.1. The van der Waals surface area contributed by atoms with Gasteiger partial charge in [0.2, 0.25) is 0 Å². The lowest BCUT2D eigenvalue weighted by Crippen LogP contribution is -2.57. The average Bonchev–Trinajstić information content (AvgIpc) is 2.13. The normalized spacial score (nSPS) is 16.1. The van der Waals surface area contributed by atoms with E-state index in [1.807, 2.05) is 0 Å². The Hall–Kier alpha value is -0.930. The number of ketones is 1. The zero-order chi connectivity index (χ0) is 13.4. The van der Waals surface area contributed by atoms with E-state index in [0.717, 1.165) is 0 Å². The molecule has 0 aliphatic carbocycles. The number of ether oxygens (including phenoxy) is 1. The van der Waals surface area contributed by atoms with Crippen molar-refractivity contribution in [3.05, 3.63) is 0 Å². The van der Waals surface area contributed by atoms with Crippen molar-refractivity contribution in [2.75, 3.05) is 7.11 Å². The molecule has 0 saturated carbocycles. The monoisotopic (exact) mass is 260 g/mol. The molecular formula is C6H4F8O2. The first-order valence-corrected chi connectivity index (χ1v) is 3.43. The molecule has 2 nitrogen and oxygen atoms in total. The Kier molecular flexibility index (Phi) is 3.91. The van der Waals surface area contributed by atoms with Crippen LogP contribution in [0.1, 0.15) is 0 Å². The van der Waals surface area contributed by atoms with E-state index < -0.39 is 30.2 Å². The number of methoxy groups -OCH3 is 1. The van der Waals surface area contributed by atoms with Gasteiger partial charge < -0.3 is 4.74 Å². The van der Waals surface area contributed by atoms with Crippen LogP contribution in [0.2, 0.25) is 0 Å². The Labute approximate surface area is 83.2 Å². The van der Waals surface area contributed by atoms with Gasteiger partial charge in [0.1, 0.15) is 0 Å². The van der Waals surface area contributed by atoms with Crippen molar-refractivity contribution >= 4 is 5.78 Å². The van der Waals surface area contributed by atoms with Crippen LogP contribution >= 0.6 is 0 Å². The summed E-state index contributed by atoms with van der Waals surface area (Å²) < 4.78 is 99.5. The fourth-order valence-electron chi connectivity index (χ4n) is 0.620. The Balaban J connectivity index is 5.27. The maximum Gasteiger partial charge on any atom is 0.456 e. The fourth-order valence-corrected chi connectivity index (χ4v) is 0.620. The second-order valence-electron chi connectivity index (χ2n) is 2.58. The molecule has 0 radical (unpaired) electrons. The zero-order valence-electron chi connectivity index (χ0n) is 7.42. The van der Waals surface area contributed by atoms with Gasteiger partial charge in [0, 0.05) is 7.11 Å². The summed E-state index contributed by atoms with van der Waals surface area (Å²) in [5, 5.41) is 0. The first kappa shape index (κ1) is 15.1. The van der Waals surface area contributed by atoms with Crippen LogP contribution in [0, 0.1) is 0 Å². The second-order valence-corrected chi connectivity index (χ2v) is 2.58. The summed E-state index contributed by atoms with van der Waals surface area (Å²) in [5.41, 5.74) is 0. The molecule has 0 spiro atoms. The number of carbonyl (C=O) groups excluding carboxylic acids is 1. The molecule has 0 aliphatic rings. The van der Waals surface area contributed by atoms with Crippen LogP contribution in [0.3, 0.4) is 0 Å². The Morgan fingerprint density at radius 1 is 1.06 bits per heavy atom. The van der Waals surface area contributed by atoms with E-state index in [1.165, 1.54) is 0 Å². The molecular weight excluding hydrogens is 256 g/mol. The first-order chi connectivity index (χ1) is 6.89. The van der Waals surface area contributed by atoms with Gasteiger partial charge in [-0.2, -0.15) is 30.7 Å². The van der Waals surface area contributed by atoms with Crippen molar-refractivity contribution in [2.24, 2.45) is 0 Å². The summed E-state index contributed by atoms with van der Waals surface area (Å²) in [6.07, 6.45) is -10.2. The van der Waals surface area contributed by atoms with Crippen LogP contribution in [-0.2, 0) is 9.53 Å². The topological polar surface area (TPSA) is 26.3 Å². The van der Waals surface area contributed by atoms with E-state index in [-0.39, 0.29) is 7.11 Å². The molecule has 0 amide bonds. The molecule has 10 heteroatoms. The van der Waals surface area contributed by atoms with E-state index in [4.69, 9.17) is 0 Å². The van der Waals surface area contributed by atoms with Crippen LogP contribution < -0.4 is 0 Å². The van der Waals surface area contributed by atoms with Crippen molar-refractivity contribution in [2.45, 2.75) is 24.4 Å². The highest BCUT2D eigenvalue weighted by atomic mass is 19.4. The Morgan fingerprint density at radius 2 is 1.44 bits per heavy atom. The summed E-state index contributed by atoms with van der Waals surface area (Å²) in [7, 11) is 0.229. The van der Waals surface area contributed by atoms with E-state index in [0.29, 0.717) is 0 Å². The lowest BCUT2D eigenvalue weighted by molar-refractivity contribution is -0.289. The summed E-state index contributed by atoms with van der Waals surface area (Å²) in [6, 6.07) is 0. The third-order valence-corrected chi connectivity index (χ3v) is 1.45. The maximum absolute atomic E-state index is 12.4. The van der Waals surface area contributed by atoms with E-state index in [2.05, 4.69) is 4.74 Å². The van der Waals surface area contributed by atoms with E-state index in [1.54, 1.807) is 0 Å². The van der Waals surface area contributed by atoms with Gasteiger partial charge in [0.25, 0.3) is 6.36 Å². The average molecular weight is 260 g/mol. The van der Waals surface area contributed by atoms with Crippen LogP contribution in [0.4, 0.5) is 35.1 Å². The SMILES string of the molecule is COC(F)C(F)(F)C(F)(F)C(=O)C(F)(F)F. The highest BCUT2D eigenvalue weighted by Gasteiger charge is 2.72. The van der Waals surface area contributed by atoms with Gasteiger partial charge in [0.15, 0.2) is 0 Å². The smallest absolute Gasteiger partial charge is 0.347 e. The largest absolute Gasteiger partial charge is 0.456 e. The predicted molar refractivity (Wildman–Crippen MR) is 32.9 cm³/mol. The molecule has 1 atom stereocenters. The number of Topliss-reactive ketones (excluding diaryl/α,β-unsaturated/α-hetero) is 1. The summed E-state index contributed by atoms with van der Waals surface area (Å²) in [4.78, 5) is 9.98. The molecule has 0 N–H and O–H groups in total. The predicted octanol–water partition coefficient (Wildman–Crippen LogP) is 2.33. The highest BCUT2D eigenvalue weighted by molar-refractivity contribution is 5.91. The van der Waals surface area contributed by atoms with Crippen LogP contribution in [0.25, 0.3) is 0 Å². The highest BCUT2D eigenvalue weighted by Crippen LogP contribution is 2.42. The molecule has 0 bridgehead atoms. The maximum atomic E-state index is 12.4. The minimum Gasteiger partial charge on any atom is -0.347 e. The molecule has 0 saturated heterocycles. The molecule has 0 aromatic carbocycles. The third-order valence-electron chi connectivity index (χ3n) is 1.45. The Morgan fingerprint density at radius 3 is 1.69 bits per heavy atom. The molecule has 0 aromatic heterocycles. The van der Waals surface area contributed by atoms with E-state index >= 15 is 0 Å². The van der Waals surface area contributed by atoms with Gasteiger partial charge in [-0.05, 0) is 0 Å². The van der Waals surface area contributed by atoms with Gasteiger partial charge in [-0.15, -0.1) is 0 Å². The van der Waals surface area contributed by atoms with Gasteiger partial charge in [-0.1, -0.05) is 0 Å².